The summed E-state index contributed by atoms with van der Waals surface area (Å²) in [6.07, 6.45) is 2.61. The number of hydrogen-bond donors (Lipinski definition) is 2. The van der Waals surface area contributed by atoms with Crippen LogP contribution in [0.3, 0.4) is 0 Å². The second-order valence-electron chi connectivity index (χ2n) is 9.56. The quantitative estimate of drug-likeness (QED) is 0.290. The zero-order chi connectivity index (χ0) is 26.1. The van der Waals surface area contributed by atoms with Gasteiger partial charge in [0.2, 0.25) is 5.91 Å². The van der Waals surface area contributed by atoms with E-state index in [4.69, 9.17) is 14.5 Å². The Morgan fingerprint density at radius 2 is 1.79 bits per heavy atom. The van der Waals surface area contributed by atoms with Crippen molar-refractivity contribution in [1.29, 1.82) is 0 Å². The van der Waals surface area contributed by atoms with E-state index >= 15 is 0 Å². The Morgan fingerprint density at radius 1 is 1.03 bits per heavy atom. The first kappa shape index (κ1) is 24.4. The van der Waals surface area contributed by atoms with Gasteiger partial charge in [-0.25, -0.2) is 4.98 Å². The lowest BCUT2D eigenvalue weighted by Gasteiger charge is -2.21. The number of carbonyl (C=O) groups is 2. The maximum atomic E-state index is 11.8. The van der Waals surface area contributed by atoms with Crippen molar-refractivity contribution in [1.82, 2.24) is 15.3 Å². The van der Waals surface area contributed by atoms with Gasteiger partial charge in [0.15, 0.2) is 11.9 Å². The van der Waals surface area contributed by atoms with Crippen molar-refractivity contribution in [3.8, 4) is 17.2 Å². The molecule has 38 heavy (non-hydrogen) atoms. The van der Waals surface area contributed by atoms with Gasteiger partial charge in [0, 0.05) is 19.2 Å². The number of nitrogens with one attached hydrogen (secondary N) is 2. The first-order valence-electron chi connectivity index (χ1n) is 12.8. The molecular formula is C29H28N4O4S. The summed E-state index contributed by atoms with van der Waals surface area (Å²) >= 11 is 1.04. The van der Waals surface area contributed by atoms with Crippen LogP contribution >= 0.6 is 11.8 Å². The lowest BCUT2D eigenvalue weighted by molar-refractivity contribution is -0.118. The number of benzene rings is 3. The number of aromatic amines is 1. The molecule has 0 saturated carbocycles. The Bertz CT molecular complexity index is 1480. The minimum absolute atomic E-state index is 0.233. The van der Waals surface area contributed by atoms with Crippen molar-refractivity contribution in [3.05, 3.63) is 78.1 Å². The zero-order valence-electron chi connectivity index (χ0n) is 21.0. The fourth-order valence-corrected chi connectivity index (χ4v) is 5.72. The maximum Gasteiger partial charge on any atom is 0.286 e. The monoisotopic (exact) mass is 528 g/mol. The number of fused-ring (bicyclic) bond motifs is 1. The van der Waals surface area contributed by atoms with Crippen LogP contribution < -0.4 is 19.7 Å². The van der Waals surface area contributed by atoms with E-state index in [1.165, 1.54) is 12.8 Å². The minimum Gasteiger partial charge on any atom is -0.483 e. The van der Waals surface area contributed by atoms with Crippen molar-refractivity contribution < 1.29 is 19.1 Å². The second-order valence-corrected chi connectivity index (χ2v) is 10.7. The van der Waals surface area contributed by atoms with Crippen LogP contribution in [0.1, 0.15) is 37.3 Å². The molecule has 6 rings (SSSR count). The average molecular weight is 529 g/mol. The third-order valence-corrected chi connectivity index (χ3v) is 7.80. The molecule has 2 saturated heterocycles. The van der Waals surface area contributed by atoms with Crippen molar-refractivity contribution in [3.63, 3.8) is 0 Å². The third kappa shape index (κ3) is 5.19. The molecule has 0 radical (unpaired) electrons. The molecule has 0 spiro atoms. The smallest absolute Gasteiger partial charge is 0.286 e. The van der Waals surface area contributed by atoms with Gasteiger partial charge >= 0.3 is 0 Å². The van der Waals surface area contributed by atoms with E-state index in [1.54, 1.807) is 0 Å². The molecule has 0 aliphatic carbocycles. The molecule has 3 heterocycles. The molecule has 3 aromatic carbocycles. The number of imidazole rings is 1. The van der Waals surface area contributed by atoms with Crippen LogP contribution in [0.25, 0.3) is 11.0 Å². The predicted octanol–water partition coefficient (Wildman–Crippen LogP) is 5.99. The van der Waals surface area contributed by atoms with Crippen molar-refractivity contribution >= 4 is 39.6 Å². The molecule has 2 atom stereocenters. The maximum absolute atomic E-state index is 11.8. The van der Waals surface area contributed by atoms with Gasteiger partial charge in [0.25, 0.3) is 5.24 Å². The number of aromatic nitrogens is 2. The van der Waals surface area contributed by atoms with E-state index in [1.807, 2.05) is 61.5 Å². The topological polar surface area (TPSA) is 96.5 Å². The normalized spacial score (nSPS) is 18.1. The zero-order valence-corrected chi connectivity index (χ0v) is 21.8. The molecule has 194 valence electrons. The van der Waals surface area contributed by atoms with E-state index in [0.717, 1.165) is 64.5 Å². The number of amides is 2. The number of H-pyrrole nitrogens is 1. The van der Waals surface area contributed by atoms with Crippen LogP contribution in [0, 0.1) is 0 Å². The highest BCUT2D eigenvalue weighted by atomic mass is 32.2. The standard InChI is InChI=1S/C29H28N4O4S/c1-18(36-20-10-8-19(9-11-20)16-26-28(34)32-29(35)38-26)27-30-22-13-12-21(17-23(22)31-27)37-25-7-3-2-6-24(25)33-14-4-5-15-33/h2-3,6-13,17-18,26H,4-5,14-16H2,1H3,(H,30,31)(H,32,34,35). The highest BCUT2D eigenvalue weighted by Crippen LogP contribution is 2.35. The SMILES string of the molecule is CC(Oc1ccc(CC2SC(=O)NC2=O)cc1)c1nc2ccc(Oc3ccccc3N3CCCC3)cc2[nH]1. The molecule has 1 aromatic heterocycles. The Balaban J connectivity index is 1.12. The number of hydrogen-bond acceptors (Lipinski definition) is 7. The van der Waals surface area contributed by atoms with Gasteiger partial charge in [-0.05, 0) is 68.1 Å². The number of thioether (sulfide) groups is 1. The second kappa shape index (κ2) is 10.4. The van der Waals surface area contributed by atoms with Crippen LogP contribution in [0.15, 0.2) is 66.7 Å². The summed E-state index contributed by atoms with van der Waals surface area (Å²) in [5.74, 6) is 2.79. The number of carbonyl (C=O) groups excluding carboxylic acids is 2. The molecule has 2 aliphatic heterocycles. The number of para-hydroxylation sites is 2. The Hall–Kier alpha value is -3.98. The Labute approximate surface area is 224 Å². The van der Waals surface area contributed by atoms with Crippen LogP contribution in [0.2, 0.25) is 0 Å². The lowest BCUT2D eigenvalue weighted by atomic mass is 10.1. The van der Waals surface area contributed by atoms with E-state index < -0.39 is 0 Å². The highest BCUT2D eigenvalue weighted by molar-refractivity contribution is 8.15. The van der Waals surface area contributed by atoms with E-state index in [-0.39, 0.29) is 22.5 Å². The number of rotatable bonds is 8. The van der Waals surface area contributed by atoms with Crippen molar-refractivity contribution in [2.75, 3.05) is 18.0 Å². The summed E-state index contributed by atoms with van der Waals surface area (Å²) in [5.41, 5.74) is 3.81. The number of ether oxygens (including phenoxy) is 2. The number of imide groups is 1. The van der Waals surface area contributed by atoms with Gasteiger partial charge in [-0.2, -0.15) is 0 Å². The van der Waals surface area contributed by atoms with Gasteiger partial charge < -0.3 is 19.4 Å². The first-order valence-corrected chi connectivity index (χ1v) is 13.7. The van der Waals surface area contributed by atoms with Gasteiger partial charge in [-0.1, -0.05) is 36.0 Å². The molecule has 4 aromatic rings. The summed E-state index contributed by atoms with van der Waals surface area (Å²) in [6, 6.07) is 21.6. The fourth-order valence-electron chi connectivity index (χ4n) is 4.86. The molecule has 2 N–H and O–H groups in total. The van der Waals surface area contributed by atoms with Crippen LogP contribution in [0.4, 0.5) is 10.5 Å². The molecule has 2 unspecified atom stereocenters. The van der Waals surface area contributed by atoms with E-state index in [2.05, 4.69) is 27.3 Å². The van der Waals surface area contributed by atoms with E-state index in [0.29, 0.717) is 12.2 Å². The molecule has 2 amide bonds. The molecular weight excluding hydrogens is 500 g/mol. The van der Waals surface area contributed by atoms with Gasteiger partial charge in [-0.15, -0.1) is 0 Å². The number of nitrogens with zero attached hydrogens (tertiary/aromatic N) is 2. The summed E-state index contributed by atoms with van der Waals surface area (Å²) in [6.45, 7) is 4.06. The summed E-state index contributed by atoms with van der Waals surface area (Å²) in [5, 5.41) is 1.65. The van der Waals surface area contributed by atoms with Crippen LogP contribution in [-0.2, 0) is 11.2 Å². The molecule has 2 fully saturated rings. The Kier molecular flexibility index (Phi) is 6.68. The first-order chi connectivity index (χ1) is 18.5. The van der Waals surface area contributed by atoms with E-state index in [9.17, 15) is 9.59 Å². The van der Waals surface area contributed by atoms with Gasteiger partial charge in [0.1, 0.15) is 17.3 Å². The van der Waals surface area contributed by atoms with Gasteiger partial charge in [0.05, 0.1) is 22.0 Å². The summed E-state index contributed by atoms with van der Waals surface area (Å²) < 4.78 is 12.4. The minimum atomic E-state index is -0.383. The molecule has 9 heteroatoms. The molecule has 2 aliphatic rings. The molecule has 8 nitrogen and oxygen atoms in total. The molecule has 0 bridgehead atoms. The summed E-state index contributed by atoms with van der Waals surface area (Å²) in [4.78, 5) is 33.7. The summed E-state index contributed by atoms with van der Waals surface area (Å²) in [7, 11) is 0. The van der Waals surface area contributed by atoms with Crippen molar-refractivity contribution in [2.24, 2.45) is 0 Å². The van der Waals surface area contributed by atoms with Crippen molar-refractivity contribution in [2.45, 2.75) is 37.5 Å². The largest absolute Gasteiger partial charge is 0.483 e. The predicted molar refractivity (Wildman–Crippen MR) is 148 cm³/mol. The lowest BCUT2D eigenvalue weighted by Crippen LogP contribution is -2.25. The van der Waals surface area contributed by atoms with Crippen LogP contribution in [0.5, 0.6) is 17.2 Å². The van der Waals surface area contributed by atoms with Gasteiger partial charge in [-0.3, -0.25) is 14.9 Å². The van der Waals surface area contributed by atoms with Crippen LogP contribution in [-0.4, -0.2) is 39.5 Å². The third-order valence-electron chi connectivity index (χ3n) is 6.82. The fraction of sp³-hybridized carbons (Fsp3) is 0.276. The Morgan fingerprint density at radius 3 is 2.55 bits per heavy atom. The highest BCUT2D eigenvalue weighted by Gasteiger charge is 2.31. The average Bonchev–Trinajstić information content (AvgIpc) is 3.66. The number of anilines is 1.